The van der Waals surface area contributed by atoms with E-state index in [0.29, 0.717) is 11.5 Å². The predicted octanol–water partition coefficient (Wildman–Crippen LogP) is 7.03. The first kappa shape index (κ1) is 16.4. The monoisotopic (exact) mass is 374 g/mol. The smallest absolute Gasteiger partial charge is 0.415 e. The SMILES string of the molecule is CC(C)P1(=O)Oc2ccc3ccccc3c2-c2c(ccc3ccccc23)O1. The first-order chi connectivity index (χ1) is 13.1. The molecule has 0 radical (unpaired) electrons. The molecule has 0 aliphatic carbocycles. The zero-order chi connectivity index (χ0) is 18.6. The van der Waals surface area contributed by atoms with E-state index < -0.39 is 7.60 Å². The zero-order valence-corrected chi connectivity index (χ0v) is 16.1. The van der Waals surface area contributed by atoms with Gasteiger partial charge in [-0.3, -0.25) is 0 Å². The Morgan fingerprint density at radius 3 is 1.56 bits per heavy atom. The number of hydrogen-bond donors (Lipinski definition) is 0. The van der Waals surface area contributed by atoms with Gasteiger partial charge in [0.15, 0.2) is 0 Å². The molecular formula is C23H19O3P. The van der Waals surface area contributed by atoms with Crippen molar-refractivity contribution in [3.05, 3.63) is 72.8 Å². The van der Waals surface area contributed by atoms with Gasteiger partial charge in [0.05, 0.1) is 5.66 Å². The number of benzene rings is 4. The molecule has 4 aromatic rings. The number of rotatable bonds is 1. The van der Waals surface area contributed by atoms with Crippen LogP contribution in [-0.4, -0.2) is 5.66 Å². The minimum absolute atomic E-state index is 0.255. The highest BCUT2D eigenvalue weighted by molar-refractivity contribution is 7.55. The van der Waals surface area contributed by atoms with E-state index in [1.54, 1.807) is 0 Å². The van der Waals surface area contributed by atoms with Gasteiger partial charge >= 0.3 is 7.60 Å². The summed E-state index contributed by atoms with van der Waals surface area (Å²) in [5.74, 6) is 1.22. The fourth-order valence-electron chi connectivity index (χ4n) is 3.67. The molecule has 1 aliphatic heterocycles. The van der Waals surface area contributed by atoms with E-state index in [4.69, 9.17) is 9.05 Å². The molecule has 0 amide bonds. The van der Waals surface area contributed by atoms with Crippen LogP contribution in [0, 0.1) is 0 Å². The Bertz CT molecular complexity index is 1150. The van der Waals surface area contributed by atoms with Crippen molar-refractivity contribution >= 4 is 29.1 Å². The van der Waals surface area contributed by atoms with Crippen molar-refractivity contribution in [3.63, 3.8) is 0 Å². The summed E-state index contributed by atoms with van der Waals surface area (Å²) in [6.07, 6.45) is 0. The molecule has 5 rings (SSSR count). The second kappa shape index (κ2) is 5.87. The third-order valence-corrected chi connectivity index (χ3v) is 7.28. The van der Waals surface area contributed by atoms with E-state index in [-0.39, 0.29) is 5.66 Å². The molecule has 0 saturated carbocycles. The minimum Gasteiger partial charge on any atom is -0.415 e. The Balaban J connectivity index is 1.98. The molecule has 0 aromatic heterocycles. The highest BCUT2D eigenvalue weighted by Crippen LogP contribution is 2.60. The van der Waals surface area contributed by atoms with Gasteiger partial charge in [0.1, 0.15) is 11.5 Å². The molecule has 0 saturated heterocycles. The molecule has 4 aromatic carbocycles. The fraction of sp³-hybridized carbons (Fsp3) is 0.130. The van der Waals surface area contributed by atoms with Crippen LogP contribution in [0.4, 0.5) is 0 Å². The van der Waals surface area contributed by atoms with E-state index in [9.17, 15) is 4.57 Å². The molecule has 0 bridgehead atoms. The van der Waals surface area contributed by atoms with Gasteiger partial charge in [-0.25, -0.2) is 4.57 Å². The van der Waals surface area contributed by atoms with Crippen molar-refractivity contribution in [3.8, 4) is 22.6 Å². The zero-order valence-electron chi connectivity index (χ0n) is 15.2. The van der Waals surface area contributed by atoms with Crippen LogP contribution < -0.4 is 9.05 Å². The Kier molecular flexibility index (Phi) is 3.57. The maximum absolute atomic E-state index is 13.5. The lowest BCUT2D eigenvalue weighted by Crippen LogP contribution is -2.09. The summed E-state index contributed by atoms with van der Waals surface area (Å²) in [5.41, 5.74) is 1.63. The standard InChI is InChI=1S/C23H19O3P/c1-15(2)27(24)25-20-13-11-16-7-3-5-9-18(16)22(20)23-19-10-6-4-8-17(19)12-14-21(23)26-27/h3-15H,1-2H3. The van der Waals surface area contributed by atoms with Gasteiger partial charge < -0.3 is 9.05 Å². The predicted molar refractivity (Wildman–Crippen MR) is 111 cm³/mol. The van der Waals surface area contributed by atoms with Gasteiger partial charge in [-0.05, 0) is 47.5 Å². The molecule has 0 fully saturated rings. The Hall–Kier alpha value is -2.77. The van der Waals surface area contributed by atoms with Crippen molar-refractivity contribution in [1.29, 1.82) is 0 Å². The van der Waals surface area contributed by atoms with Crippen molar-refractivity contribution < 1.29 is 13.6 Å². The quantitative estimate of drug-likeness (QED) is 0.335. The van der Waals surface area contributed by atoms with Crippen LogP contribution in [0.25, 0.3) is 32.7 Å². The summed E-state index contributed by atoms with van der Waals surface area (Å²) >= 11 is 0. The van der Waals surface area contributed by atoms with Gasteiger partial charge in [0, 0.05) is 11.1 Å². The molecule has 1 aliphatic rings. The maximum atomic E-state index is 13.5. The van der Waals surface area contributed by atoms with Gasteiger partial charge in [0.25, 0.3) is 0 Å². The van der Waals surface area contributed by atoms with Gasteiger partial charge in [0.2, 0.25) is 0 Å². The highest BCUT2D eigenvalue weighted by atomic mass is 31.2. The lowest BCUT2D eigenvalue weighted by molar-refractivity contribution is 0.382. The summed E-state index contributed by atoms with van der Waals surface area (Å²) in [4.78, 5) is 0. The molecule has 0 N–H and O–H groups in total. The molecule has 4 heteroatoms. The lowest BCUT2D eigenvalue weighted by Gasteiger charge is -2.21. The van der Waals surface area contributed by atoms with E-state index in [1.807, 2.05) is 62.4 Å². The number of hydrogen-bond acceptors (Lipinski definition) is 3. The normalized spacial score (nSPS) is 14.9. The third-order valence-electron chi connectivity index (χ3n) is 5.12. The van der Waals surface area contributed by atoms with E-state index in [1.165, 1.54) is 0 Å². The summed E-state index contributed by atoms with van der Waals surface area (Å²) in [6.45, 7) is 3.74. The Labute approximate surface area is 158 Å². The minimum atomic E-state index is -3.35. The molecule has 0 unspecified atom stereocenters. The third kappa shape index (κ3) is 2.46. The summed E-state index contributed by atoms with van der Waals surface area (Å²) in [5, 5.41) is 4.35. The van der Waals surface area contributed by atoms with Crippen LogP contribution >= 0.6 is 7.60 Å². The maximum Gasteiger partial charge on any atom is 0.433 e. The van der Waals surface area contributed by atoms with Crippen molar-refractivity contribution in [1.82, 2.24) is 0 Å². The average Bonchev–Trinajstić information content (AvgIpc) is 2.82. The molecule has 27 heavy (non-hydrogen) atoms. The van der Waals surface area contributed by atoms with Crippen LogP contribution in [0.3, 0.4) is 0 Å². The fourth-order valence-corrected chi connectivity index (χ4v) is 4.99. The molecule has 134 valence electrons. The molecule has 3 nitrogen and oxygen atoms in total. The van der Waals surface area contributed by atoms with Crippen LogP contribution in [0.5, 0.6) is 11.5 Å². The first-order valence-electron chi connectivity index (χ1n) is 9.09. The average molecular weight is 374 g/mol. The highest BCUT2D eigenvalue weighted by Gasteiger charge is 2.38. The lowest BCUT2D eigenvalue weighted by atomic mass is 9.92. The summed E-state index contributed by atoms with van der Waals surface area (Å²) < 4.78 is 25.7. The van der Waals surface area contributed by atoms with Crippen molar-refractivity contribution in [2.45, 2.75) is 19.5 Å². The van der Waals surface area contributed by atoms with Crippen LogP contribution in [0.1, 0.15) is 13.8 Å². The molecule has 0 atom stereocenters. The van der Waals surface area contributed by atoms with Crippen molar-refractivity contribution in [2.75, 3.05) is 0 Å². The summed E-state index contributed by atoms with van der Waals surface area (Å²) in [6, 6.07) is 24.2. The van der Waals surface area contributed by atoms with Gasteiger partial charge in [-0.2, -0.15) is 0 Å². The molecule has 0 spiro atoms. The summed E-state index contributed by atoms with van der Waals surface area (Å²) in [7, 11) is -3.35. The van der Waals surface area contributed by atoms with Crippen LogP contribution in [0.15, 0.2) is 72.8 Å². The van der Waals surface area contributed by atoms with E-state index >= 15 is 0 Å². The van der Waals surface area contributed by atoms with Crippen molar-refractivity contribution in [2.24, 2.45) is 0 Å². The van der Waals surface area contributed by atoms with Gasteiger partial charge in [-0.15, -0.1) is 0 Å². The molecular weight excluding hydrogens is 355 g/mol. The Morgan fingerprint density at radius 1 is 0.667 bits per heavy atom. The Morgan fingerprint density at radius 2 is 1.11 bits per heavy atom. The van der Waals surface area contributed by atoms with E-state index in [2.05, 4.69) is 24.3 Å². The number of fused-ring (bicyclic) bond motifs is 7. The van der Waals surface area contributed by atoms with Gasteiger partial charge in [-0.1, -0.05) is 60.7 Å². The van der Waals surface area contributed by atoms with Crippen LogP contribution in [0.2, 0.25) is 0 Å². The first-order valence-corrected chi connectivity index (χ1v) is 10.7. The largest absolute Gasteiger partial charge is 0.433 e. The topological polar surface area (TPSA) is 35.5 Å². The van der Waals surface area contributed by atoms with Crippen LogP contribution in [-0.2, 0) is 4.57 Å². The van der Waals surface area contributed by atoms with E-state index in [0.717, 1.165) is 32.7 Å². The molecule has 1 heterocycles. The second-order valence-corrected chi connectivity index (χ2v) is 9.61. The second-order valence-electron chi connectivity index (χ2n) is 7.14.